The Bertz CT molecular complexity index is 524. The van der Waals surface area contributed by atoms with Gasteiger partial charge in [-0.3, -0.25) is 5.10 Å². The van der Waals surface area contributed by atoms with E-state index in [-0.39, 0.29) is 10.9 Å². The highest BCUT2D eigenvalue weighted by Crippen LogP contribution is 2.28. The molecule has 0 amide bonds. The molecule has 0 aliphatic carbocycles. The SMILES string of the molecule is Cc1[nH]ncc1S(=O)(=O)N1CCCCC1CC(C)O. The van der Waals surface area contributed by atoms with Crippen LogP contribution in [-0.2, 0) is 10.0 Å². The number of hydrogen-bond acceptors (Lipinski definition) is 4. The molecule has 7 heteroatoms. The molecule has 2 heterocycles. The van der Waals surface area contributed by atoms with Gasteiger partial charge in [-0.15, -0.1) is 0 Å². The number of nitrogens with zero attached hydrogens (tertiary/aromatic N) is 2. The Morgan fingerprint density at radius 1 is 1.58 bits per heavy atom. The molecule has 0 spiro atoms. The summed E-state index contributed by atoms with van der Waals surface area (Å²) in [5.74, 6) is 0. The first kappa shape index (κ1) is 14.5. The lowest BCUT2D eigenvalue weighted by atomic mass is 10.00. The molecule has 0 radical (unpaired) electrons. The van der Waals surface area contributed by atoms with Crippen LogP contribution in [0.25, 0.3) is 0 Å². The van der Waals surface area contributed by atoms with Gasteiger partial charge in [-0.25, -0.2) is 8.42 Å². The minimum absolute atomic E-state index is 0.118. The fourth-order valence-corrected chi connectivity index (χ4v) is 4.47. The summed E-state index contributed by atoms with van der Waals surface area (Å²) in [5.41, 5.74) is 0.557. The third-order valence-electron chi connectivity index (χ3n) is 3.56. The van der Waals surface area contributed by atoms with Gasteiger partial charge in [0.05, 0.1) is 18.0 Å². The van der Waals surface area contributed by atoms with Gasteiger partial charge in [-0.05, 0) is 33.1 Å². The van der Waals surface area contributed by atoms with Crippen LogP contribution >= 0.6 is 0 Å². The van der Waals surface area contributed by atoms with Crippen LogP contribution in [0, 0.1) is 6.92 Å². The lowest BCUT2D eigenvalue weighted by molar-refractivity contribution is 0.131. The fourth-order valence-electron chi connectivity index (χ4n) is 2.65. The molecule has 2 unspecified atom stereocenters. The maximum Gasteiger partial charge on any atom is 0.246 e. The molecule has 1 aromatic heterocycles. The van der Waals surface area contributed by atoms with E-state index in [2.05, 4.69) is 10.2 Å². The largest absolute Gasteiger partial charge is 0.393 e. The molecule has 19 heavy (non-hydrogen) atoms. The number of nitrogens with one attached hydrogen (secondary N) is 1. The molecule has 1 aliphatic heterocycles. The molecule has 0 aromatic carbocycles. The minimum atomic E-state index is -3.52. The first-order valence-corrected chi connectivity index (χ1v) is 8.07. The van der Waals surface area contributed by atoms with Gasteiger partial charge < -0.3 is 5.11 Å². The summed E-state index contributed by atoms with van der Waals surface area (Å²) in [6, 6.07) is -0.118. The van der Waals surface area contributed by atoms with Gasteiger partial charge in [-0.2, -0.15) is 9.40 Å². The monoisotopic (exact) mass is 287 g/mol. The molecule has 2 N–H and O–H groups in total. The zero-order valence-electron chi connectivity index (χ0n) is 11.3. The summed E-state index contributed by atoms with van der Waals surface area (Å²) < 4.78 is 26.8. The fraction of sp³-hybridized carbons (Fsp3) is 0.750. The number of sulfonamides is 1. The van der Waals surface area contributed by atoms with Crippen LogP contribution in [0.15, 0.2) is 11.1 Å². The molecular formula is C12H21N3O3S. The first-order valence-electron chi connectivity index (χ1n) is 6.63. The van der Waals surface area contributed by atoms with Crippen molar-refractivity contribution in [2.75, 3.05) is 6.54 Å². The number of hydrogen-bond donors (Lipinski definition) is 2. The highest BCUT2D eigenvalue weighted by molar-refractivity contribution is 7.89. The van der Waals surface area contributed by atoms with E-state index in [0.717, 1.165) is 19.3 Å². The molecule has 6 nitrogen and oxygen atoms in total. The van der Waals surface area contributed by atoms with Gasteiger partial charge >= 0.3 is 0 Å². The van der Waals surface area contributed by atoms with Crippen LogP contribution < -0.4 is 0 Å². The number of aliphatic hydroxyl groups excluding tert-OH is 1. The summed E-state index contributed by atoms with van der Waals surface area (Å²) >= 11 is 0. The number of piperidine rings is 1. The van der Waals surface area contributed by atoms with E-state index in [4.69, 9.17) is 0 Å². The van der Waals surface area contributed by atoms with Crippen molar-refractivity contribution >= 4 is 10.0 Å². The van der Waals surface area contributed by atoms with Crippen LogP contribution in [0.4, 0.5) is 0 Å². The van der Waals surface area contributed by atoms with Crippen molar-refractivity contribution in [2.24, 2.45) is 0 Å². The van der Waals surface area contributed by atoms with E-state index in [1.807, 2.05) is 0 Å². The van der Waals surface area contributed by atoms with Gasteiger partial charge in [0.1, 0.15) is 4.90 Å². The summed E-state index contributed by atoms with van der Waals surface area (Å²) in [6.07, 6.45) is 4.03. The Kier molecular flexibility index (Phi) is 4.27. The topological polar surface area (TPSA) is 86.3 Å². The van der Waals surface area contributed by atoms with E-state index < -0.39 is 16.1 Å². The van der Waals surface area contributed by atoms with Gasteiger partial charge in [-0.1, -0.05) is 6.42 Å². The number of aromatic amines is 1. The number of aliphatic hydroxyl groups is 1. The Balaban J connectivity index is 2.29. The molecule has 0 bridgehead atoms. The van der Waals surface area contributed by atoms with E-state index in [9.17, 15) is 13.5 Å². The van der Waals surface area contributed by atoms with Gasteiger partial charge in [0.15, 0.2) is 0 Å². The van der Waals surface area contributed by atoms with E-state index in [1.165, 1.54) is 10.5 Å². The summed E-state index contributed by atoms with van der Waals surface area (Å²) in [4.78, 5) is 0.241. The van der Waals surface area contributed by atoms with Crippen molar-refractivity contribution in [2.45, 2.75) is 56.6 Å². The van der Waals surface area contributed by atoms with Crippen LogP contribution in [0.2, 0.25) is 0 Å². The van der Waals surface area contributed by atoms with Crippen LogP contribution in [0.5, 0.6) is 0 Å². The summed E-state index contributed by atoms with van der Waals surface area (Å²) in [7, 11) is -3.52. The molecule has 108 valence electrons. The average molecular weight is 287 g/mol. The Morgan fingerprint density at radius 3 is 2.89 bits per heavy atom. The van der Waals surface area contributed by atoms with E-state index in [1.54, 1.807) is 13.8 Å². The van der Waals surface area contributed by atoms with Crippen molar-refractivity contribution in [3.63, 3.8) is 0 Å². The van der Waals surface area contributed by atoms with Crippen molar-refractivity contribution in [1.82, 2.24) is 14.5 Å². The molecule has 1 fully saturated rings. The third-order valence-corrected chi connectivity index (χ3v) is 5.62. The third kappa shape index (κ3) is 2.98. The van der Waals surface area contributed by atoms with Crippen molar-refractivity contribution in [3.8, 4) is 0 Å². The summed E-state index contributed by atoms with van der Waals surface area (Å²) in [5, 5.41) is 16.0. The quantitative estimate of drug-likeness (QED) is 0.866. The maximum absolute atomic E-state index is 12.6. The second kappa shape index (κ2) is 5.60. The van der Waals surface area contributed by atoms with Gasteiger partial charge in [0, 0.05) is 12.6 Å². The normalized spacial score (nSPS) is 23.4. The van der Waals surface area contributed by atoms with Crippen molar-refractivity contribution in [3.05, 3.63) is 11.9 Å². The number of rotatable bonds is 4. The van der Waals surface area contributed by atoms with Crippen LogP contribution in [0.1, 0.15) is 38.3 Å². The van der Waals surface area contributed by atoms with Crippen LogP contribution in [0.3, 0.4) is 0 Å². The minimum Gasteiger partial charge on any atom is -0.393 e. The smallest absolute Gasteiger partial charge is 0.246 e. The van der Waals surface area contributed by atoms with Crippen LogP contribution in [-0.4, -0.2) is 46.7 Å². The number of aryl methyl sites for hydroxylation is 1. The van der Waals surface area contributed by atoms with Gasteiger partial charge in [0.25, 0.3) is 0 Å². The Morgan fingerprint density at radius 2 is 2.32 bits per heavy atom. The molecular weight excluding hydrogens is 266 g/mol. The molecule has 2 rings (SSSR count). The zero-order valence-corrected chi connectivity index (χ0v) is 12.2. The maximum atomic E-state index is 12.6. The van der Waals surface area contributed by atoms with E-state index in [0.29, 0.717) is 18.7 Å². The molecule has 1 aromatic rings. The molecule has 1 aliphatic rings. The number of H-pyrrole nitrogens is 1. The molecule has 2 atom stereocenters. The van der Waals surface area contributed by atoms with Crippen molar-refractivity contribution in [1.29, 1.82) is 0 Å². The second-order valence-electron chi connectivity index (χ2n) is 5.21. The first-order chi connectivity index (χ1) is 8.93. The average Bonchev–Trinajstić information content (AvgIpc) is 2.76. The van der Waals surface area contributed by atoms with Gasteiger partial charge in [0.2, 0.25) is 10.0 Å². The standard InChI is InChI=1S/C12H21N3O3S/c1-9(16)7-11-5-3-4-6-15(11)19(17,18)12-8-13-14-10(12)2/h8-9,11,16H,3-7H2,1-2H3,(H,13,14). The lowest BCUT2D eigenvalue weighted by Crippen LogP contribution is -2.44. The summed E-state index contributed by atoms with van der Waals surface area (Å²) in [6.45, 7) is 3.92. The lowest BCUT2D eigenvalue weighted by Gasteiger charge is -2.35. The highest BCUT2D eigenvalue weighted by atomic mass is 32.2. The predicted molar refractivity (Wildman–Crippen MR) is 71.2 cm³/mol. The predicted octanol–water partition coefficient (Wildman–Crippen LogP) is 1.03. The number of aromatic nitrogens is 2. The van der Waals surface area contributed by atoms with E-state index >= 15 is 0 Å². The molecule has 0 saturated carbocycles. The Hall–Kier alpha value is -0.920. The second-order valence-corrected chi connectivity index (χ2v) is 7.07. The van der Waals surface area contributed by atoms with Crippen molar-refractivity contribution < 1.29 is 13.5 Å². The Labute approximate surface area is 113 Å². The zero-order chi connectivity index (χ0) is 14.0. The molecule has 1 saturated heterocycles. The highest BCUT2D eigenvalue weighted by Gasteiger charge is 2.35.